The first-order valence-electron chi connectivity index (χ1n) is 6.73. The number of rotatable bonds is 3. The molecule has 1 fully saturated rings. The molecule has 1 saturated carbocycles. The van der Waals surface area contributed by atoms with Crippen LogP contribution in [0.4, 0.5) is 0 Å². The summed E-state index contributed by atoms with van der Waals surface area (Å²) in [6.45, 7) is 6.22. The van der Waals surface area contributed by atoms with Gasteiger partial charge in [0.2, 0.25) is 0 Å². The average molecular weight is 236 g/mol. The van der Waals surface area contributed by atoms with Gasteiger partial charge in [0, 0.05) is 0 Å². The molecule has 2 unspecified atom stereocenters. The minimum Gasteiger partial charge on any atom is -0.320 e. The Kier molecular flexibility index (Phi) is 3.52. The predicted molar refractivity (Wildman–Crippen MR) is 68.5 cm³/mol. The van der Waals surface area contributed by atoms with Crippen LogP contribution in [0, 0.1) is 5.92 Å². The van der Waals surface area contributed by atoms with Crippen LogP contribution in [0.5, 0.6) is 0 Å². The van der Waals surface area contributed by atoms with Crippen LogP contribution in [0.15, 0.2) is 6.20 Å². The summed E-state index contributed by atoms with van der Waals surface area (Å²) in [7, 11) is 0. The van der Waals surface area contributed by atoms with E-state index in [1.54, 1.807) is 0 Å². The molecular weight excluding hydrogens is 212 g/mol. The third-order valence-corrected chi connectivity index (χ3v) is 3.90. The molecule has 0 radical (unpaired) electrons. The smallest absolute Gasteiger partial charge is 0.102 e. The van der Waals surface area contributed by atoms with Gasteiger partial charge in [0.05, 0.1) is 17.8 Å². The van der Waals surface area contributed by atoms with Gasteiger partial charge in [-0.05, 0) is 32.6 Å². The van der Waals surface area contributed by atoms with Gasteiger partial charge in [0.15, 0.2) is 0 Å². The zero-order chi connectivity index (χ0) is 12.5. The Balaban J connectivity index is 2.18. The highest BCUT2D eigenvalue weighted by Gasteiger charge is 2.27. The first-order chi connectivity index (χ1) is 8.02. The normalized spacial score (nSPS) is 26.1. The molecule has 0 aromatic carbocycles. The maximum Gasteiger partial charge on any atom is 0.102 e. The molecule has 0 bridgehead atoms. The molecule has 0 aliphatic heterocycles. The summed E-state index contributed by atoms with van der Waals surface area (Å²) in [6, 6.07) is 0.525. The Morgan fingerprint density at radius 3 is 2.71 bits per heavy atom. The lowest BCUT2D eigenvalue weighted by Crippen LogP contribution is -2.29. The highest BCUT2D eigenvalue weighted by molar-refractivity contribution is 5.06. The molecule has 17 heavy (non-hydrogen) atoms. The standard InChI is InChI=1S/C13H24N4/c1-4-10-7-5-6-8-11(10)17-9-12(15-16-17)13(2,3)14/h9-11H,4-8,14H2,1-3H3. The lowest BCUT2D eigenvalue weighted by molar-refractivity contribution is 0.214. The van der Waals surface area contributed by atoms with E-state index in [-0.39, 0.29) is 0 Å². The lowest BCUT2D eigenvalue weighted by Gasteiger charge is -2.30. The quantitative estimate of drug-likeness (QED) is 0.877. The van der Waals surface area contributed by atoms with Crippen molar-refractivity contribution < 1.29 is 0 Å². The Morgan fingerprint density at radius 1 is 1.41 bits per heavy atom. The van der Waals surface area contributed by atoms with Crippen molar-refractivity contribution in [2.75, 3.05) is 0 Å². The van der Waals surface area contributed by atoms with Crippen LogP contribution in [0.25, 0.3) is 0 Å². The second-order valence-corrected chi connectivity index (χ2v) is 5.83. The van der Waals surface area contributed by atoms with E-state index >= 15 is 0 Å². The fourth-order valence-corrected chi connectivity index (χ4v) is 2.75. The largest absolute Gasteiger partial charge is 0.320 e. The molecule has 0 amide bonds. The fraction of sp³-hybridized carbons (Fsp3) is 0.846. The molecule has 0 spiro atoms. The summed E-state index contributed by atoms with van der Waals surface area (Å²) in [5.41, 5.74) is 6.54. The van der Waals surface area contributed by atoms with E-state index in [9.17, 15) is 0 Å². The van der Waals surface area contributed by atoms with E-state index in [0.29, 0.717) is 6.04 Å². The van der Waals surface area contributed by atoms with Crippen LogP contribution >= 0.6 is 0 Å². The molecule has 0 saturated heterocycles. The highest BCUT2D eigenvalue weighted by atomic mass is 15.4. The summed E-state index contributed by atoms with van der Waals surface area (Å²) in [4.78, 5) is 0. The van der Waals surface area contributed by atoms with Crippen molar-refractivity contribution in [3.8, 4) is 0 Å². The molecule has 1 aliphatic rings. The monoisotopic (exact) mass is 236 g/mol. The summed E-state index contributed by atoms with van der Waals surface area (Å²) in [5.74, 6) is 0.749. The second kappa shape index (κ2) is 4.77. The summed E-state index contributed by atoms with van der Waals surface area (Å²) < 4.78 is 2.05. The van der Waals surface area contributed by atoms with Gasteiger partial charge in [0.1, 0.15) is 5.69 Å². The van der Waals surface area contributed by atoms with Crippen molar-refractivity contribution in [2.45, 2.75) is 64.5 Å². The Morgan fingerprint density at radius 2 is 2.12 bits per heavy atom. The number of nitrogens with two attached hydrogens (primary N) is 1. The zero-order valence-electron chi connectivity index (χ0n) is 11.2. The van der Waals surface area contributed by atoms with Crippen LogP contribution < -0.4 is 5.73 Å². The molecule has 2 atom stereocenters. The zero-order valence-corrected chi connectivity index (χ0v) is 11.2. The van der Waals surface area contributed by atoms with Crippen LogP contribution in [0.2, 0.25) is 0 Å². The van der Waals surface area contributed by atoms with E-state index in [1.165, 1.54) is 32.1 Å². The summed E-state index contributed by atoms with van der Waals surface area (Å²) in [6.07, 6.45) is 8.49. The third kappa shape index (κ3) is 2.68. The van der Waals surface area contributed by atoms with Gasteiger partial charge in [-0.3, -0.25) is 0 Å². The molecule has 1 aromatic heterocycles. The van der Waals surface area contributed by atoms with Crippen molar-refractivity contribution in [3.63, 3.8) is 0 Å². The van der Waals surface area contributed by atoms with Gasteiger partial charge in [0.25, 0.3) is 0 Å². The number of hydrogen-bond donors (Lipinski definition) is 1. The maximum absolute atomic E-state index is 6.05. The van der Waals surface area contributed by atoms with Crippen LogP contribution in [-0.4, -0.2) is 15.0 Å². The topological polar surface area (TPSA) is 56.7 Å². The van der Waals surface area contributed by atoms with Crippen molar-refractivity contribution in [1.29, 1.82) is 0 Å². The van der Waals surface area contributed by atoms with E-state index in [1.807, 2.05) is 20.0 Å². The molecule has 4 nitrogen and oxygen atoms in total. The molecule has 1 aliphatic carbocycles. The second-order valence-electron chi connectivity index (χ2n) is 5.83. The van der Waals surface area contributed by atoms with Crippen molar-refractivity contribution in [1.82, 2.24) is 15.0 Å². The van der Waals surface area contributed by atoms with Crippen molar-refractivity contribution in [3.05, 3.63) is 11.9 Å². The molecular formula is C13H24N4. The van der Waals surface area contributed by atoms with Gasteiger partial charge in [-0.15, -0.1) is 5.10 Å². The van der Waals surface area contributed by atoms with Crippen molar-refractivity contribution in [2.24, 2.45) is 11.7 Å². The number of hydrogen-bond acceptors (Lipinski definition) is 3. The molecule has 2 N–H and O–H groups in total. The van der Waals surface area contributed by atoms with Crippen LogP contribution in [-0.2, 0) is 5.54 Å². The first-order valence-corrected chi connectivity index (χ1v) is 6.73. The number of aromatic nitrogens is 3. The van der Waals surface area contributed by atoms with Crippen LogP contribution in [0.3, 0.4) is 0 Å². The molecule has 1 aromatic rings. The molecule has 2 rings (SSSR count). The van der Waals surface area contributed by atoms with Gasteiger partial charge < -0.3 is 5.73 Å². The van der Waals surface area contributed by atoms with Gasteiger partial charge in [-0.25, -0.2) is 4.68 Å². The van der Waals surface area contributed by atoms with Gasteiger partial charge >= 0.3 is 0 Å². The van der Waals surface area contributed by atoms with Crippen LogP contribution in [0.1, 0.15) is 64.6 Å². The maximum atomic E-state index is 6.05. The van der Waals surface area contributed by atoms with E-state index in [4.69, 9.17) is 5.73 Å². The Labute approximate surface area is 104 Å². The predicted octanol–water partition coefficient (Wildman–Crippen LogP) is 2.61. The lowest BCUT2D eigenvalue weighted by atomic mass is 9.83. The van der Waals surface area contributed by atoms with Crippen molar-refractivity contribution >= 4 is 0 Å². The summed E-state index contributed by atoms with van der Waals surface area (Å²) >= 11 is 0. The number of nitrogens with zero attached hydrogens (tertiary/aromatic N) is 3. The molecule has 1 heterocycles. The first kappa shape index (κ1) is 12.6. The minimum atomic E-state index is -0.394. The van der Waals surface area contributed by atoms with Gasteiger partial charge in [-0.1, -0.05) is 31.4 Å². The van der Waals surface area contributed by atoms with Gasteiger partial charge in [-0.2, -0.15) is 0 Å². The fourth-order valence-electron chi connectivity index (χ4n) is 2.75. The Hall–Kier alpha value is -0.900. The molecule has 4 heteroatoms. The minimum absolute atomic E-state index is 0.394. The van der Waals surface area contributed by atoms with E-state index in [2.05, 4.69) is 21.9 Å². The highest BCUT2D eigenvalue weighted by Crippen LogP contribution is 2.35. The van der Waals surface area contributed by atoms with E-state index in [0.717, 1.165) is 11.6 Å². The average Bonchev–Trinajstić information content (AvgIpc) is 2.77. The third-order valence-electron chi connectivity index (χ3n) is 3.90. The van der Waals surface area contributed by atoms with E-state index < -0.39 is 5.54 Å². The molecule has 96 valence electrons. The SMILES string of the molecule is CCC1CCCCC1n1cc(C(C)(C)N)nn1. The Bertz CT molecular complexity index is 364. The summed E-state index contributed by atoms with van der Waals surface area (Å²) in [5, 5.41) is 8.51.